The molecule has 0 saturated heterocycles. The standard InChI is InChI=1S/C39H53NO4/c1-4-6-8-13-26-43-34-24-25-35-33(27-34)18-14-19-36(35)38(32-16-11-9-12-17-32)39(3,44-29-41)40-28-37(42)31-22-20-30(21-23-31)15-10-7-5-2/h9,11-12,14,16-19,24-25,27,29-31,38,40H,4-8,10,13,15,20-23,26,28H2,1-3H3/t30?,31?,38-,39-/m1/s1. The van der Waals surface area contributed by atoms with E-state index in [1.54, 1.807) is 0 Å². The van der Waals surface area contributed by atoms with Crippen molar-refractivity contribution < 1.29 is 19.1 Å². The number of hydrogen-bond acceptors (Lipinski definition) is 5. The number of Topliss-reactive ketones (excluding diaryl/α,β-unsaturated/α-hetero) is 1. The molecule has 3 aromatic rings. The van der Waals surface area contributed by atoms with Crippen LogP contribution in [0.1, 0.15) is 115 Å². The summed E-state index contributed by atoms with van der Waals surface area (Å²) in [5.41, 5.74) is 0.895. The van der Waals surface area contributed by atoms with E-state index in [4.69, 9.17) is 9.47 Å². The first kappa shape index (κ1) is 33.7. The monoisotopic (exact) mass is 599 g/mol. The summed E-state index contributed by atoms with van der Waals surface area (Å²) in [7, 11) is 0. The zero-order chi connectivity index (χ0) is 31.2. The van der Waals surface area contributed by atoms with Crippen molar-refractivity contribution in [3.05, 3.63) is 77.9 Å². The van der Waals surface area contributed by atoms with Crippen molar-refractivity contribution in [1.29, 1.82) is 0 Å². The van der Waals surface area contributed by atoms with Crippen molar-refractivity contribution in [1.82, 2.24) is 5.32 Å². The molecule has 1 N–H and O–H groups in total. The molecule has 5 nitrogen and oxygen atoms in total. The van der Waals surface area contributed by atoms with Crippen molar-refractivity contribution in [2.45, 2.75) is 109 Å². The van der Waals surface area contributed by atoms with Gasteiger partial charge in [-0.25, -0.2) is 0 Å². The minimum atomic E-state index is -1.14. The molecule has 1 fully saturated rings. The fourth-order valence-electron chi connectivity index (χ4n) is 6.96. The van der Waals surface area contributed by atoms with Gasteiger partial charge in [0.25, 0.3) is 6.47 Å². The molecule has 0 spiro atoms. The van der Waals surface area contributed by atoms with E-state index in [1.165, 1.54) is 44.9 Å². The molecule has 0 aromatic heterocycles. The van der Waals surface area contributed by atoms with Crippen LogP contribution in [0.25, 0.3) is 10.8 Å². The van der Waals surface area contributed by atoms with E-state index < -0.39 is 5.72 Å². The van der Waals surface area contributed by atoms with Crippen LogP contribution >= 0.6 is 0 Å². The van der Waals surface area contributed by atoms with E-state index in [-0.39, 0.29) is 24.2 Å². The van der Waals surface area contributed by atoms with Gasteiger partial charge in [-0.2, -0.15) is 0 Å². The Morgan fingerprint density at radius 1 is 0.909 bits per heavy atom. The third-order valence-electron chi connectivity index (χ3n) is 9.57. The molecule has 0 amide bonds. The Morgan fingerprint density at radius 3 is 2.39 bits per heavy atom. The summed E-state index contributed by atoms with van der Waals surface area (Å²) in [4.78, 5) is 25.5. The number of hydrogen-bond donors (Lipinski definition) is 1. The van der Waals surface area contributed by atoms with Crippen molar-refractivity contribution in [2.75, 3.05) is 13.2 Å². The number of rotatable bonds is 19. The minimum Gasteiger partial charge on any atom is -0.494 e. The van der Waals surface area contributed by atoms with Crippen LogP contribution in [0, 0.1) is 11.8 Å². The minimum absolute atomic E-state index is 0.0681. The van der Waals surface area contributed by atoms with Crippen LogP contribution in [0.15, 0.2) is 66.7 Å². The van der Waals surface area contributed by atoms with E-state index >= 15 is 0 Å². The van der Waals surface area contributed by atoms with Gasteiger partial charge in [0.15, 0.2) is 5.72 Å². The Labute approximate surface area is 265 Å². The number of carbonyl (C=O) groups is 2. The molecule has 1 saturated carbocycles. The largest absolute Gasteiger partial charge is 0.494 e. The van der Waals surface area contributed by atoms with E-state index in [0.717, 1.165) is 65.7 Å². The van der Waals surface area contributed by atoms with Gasteiger partial charge in [0.1, 0.15) is 11.5 Å². The summed E-state index contributed by atoms with van der Waals surface area (Å²) in [5.74, 6) is 1.54. The second kappa shape index (κ2) is 17.3. The highest BCUT2D eigenvalue weighted by molar-refractivity contribution is 5.88. The molecule has 3 aromatic carbocycles. The molecule has 0 radical (unpaired) electrons. The summed E-state index contributed by atoms with van der Waals surface area (Å²) in [6.45, 7) is 7.73. The number of fused-ring (bicyclic) bond motifs is 1. The van der Waals surface area contributed by atoms with Gasteiger partial charge in [0.2, 0.25) is 0 Å². The Hall–Kier alpha value is -3.18. The van der Waals surface area contributed by atoms with Crippen LogP contribution in [0.4, 0.5) is 0 Å². The van der Waals surface area contributed by atoms with Gasteiger partial charge in [-0.15, -0.1) is 0 Å². The highest BCUT2D eigenvalue weighted by atomic mass is 16.6. The third kappa shape index (κ3) is 9.17. The summed E-state index contributed by atoms with van der Waals surface area (Å²) in [6.07, 6.45) is 14.0. The number of unbranched alkanes of at least 4 members (excludes halogenated alkanes) is 5. The van der Waals surface area contributed by atoms with Crippen LogP contribution in [-0.2, 0) is 14.3 Å². The first-order chi connectivity index (χ1) is 21.5. The molecule has 0 unspecified atom stereocenters. The quantitative estimate of drug-likeness (QED) is 0.0845. The van der Waals surface area contributed by atoms with Crippen molar-refractivity contribution in [3.63, 3.8) is 0 Å². The van der Waals surface area contributed by atoms with Gasteiger partial charge >= 0.3 is 0 Å². The zero-order valence-corrected chi connectivity index (χ0v) is 27.2. The number of ether oxygens (including phenoxy) is 2. The Bertz CT molecular complexity index is 1300. The normalized spacial score (nSPS) is 18.8. The molecule has 238 valence electrons. The van der Waals surface area contributed by atoms with Crippen LogP contribution in [0.2, 0.25) is 0 Å². The van der Waals surface area contributed by atoms with Gasteiger partial charge < -0.3 is 9.47 Å². The molecule has 2 atom stereocenters. The number of benzene rings is 3. The zero-order valence-electron chi connectivity index (χ0n) is 27.2. The Morgan fingerprint density at radius 2 is 1.66 bits per heavy atom. The first-order valence-electron chi connectivity index (χ1n) is 17.1. The molecule has 1 aliphatic rings. The predicted molar refractivity (Wildman–Crippen MR) is 180 cm³/mol. The molecular formula is C39H53NO4. The molecule has 5 heteroatoms. The van der Waals surface area contributed by atoms with E-state index in [2.05, 4.69) is 55.6 Å². The lowest BCUT2D eigenvalue weighted by molar-refractivity contribution is -0.148. The molecular weight excluding hydrogens is 546 g/mol. The lowest BCUT2D eigenvalue weighted by atomic mass is 9.77. The average Bonchev–Trinajstić information content (AvgIpc) is 3.05. The molecule has 44 heavy (non-hydrogen) atoms. The maximum absolute atomic E-state index is 13.5. The summed E-state index contributed by atoms with van der Waals surface area (Å²) < 4.78 is 12.0. The van der Waals surface area contributed by atoms with Crippen molar-refractivity contribution >= 4 is 23.0 Å². The van der Waals surface area contributed by atoms with Crippen LogP contribution in [-0.4, -0.2) is 31.1 Å². The Balaban J connectivity index is 1.54. The third-order valence-corrected chi connectivity index (χ3v) is 9.57. The van der Waals surface area contributed by atoms with Gasteiger partial charge in [0.05, 0.1) is 19.1 Å². The molecule has 0 heterocycles. The molecule has 1 aliphatic carbocycles. The van der Waals surface area contributed by atoms with Crippen LogP contribution in [0.5, 0.6) is 5.75 Å². The topological polar surface area (TPSA) is 64.6 Å². The SMILES string of the molecule is CCCCCCOc1ccc2c([C@@H](c3ccccc3)[C@](C)(NCC(=O)C3CCC(CCCCC)CC3)OC=O)cccc2c1. The summed E-state index contributed by atoms with van der Waals surface area (Å²) in [6, 6.07) is 22.6. The number of nitrogens with one attached hydrogen (secondary N) is 1. The van der Waals surface area contributed by atoms with Gasteiger partial charge in [-0.3, -0.25) is 14.9 Å². The smallest absolute Gasteiger partial charge is 0.294 e. The first-order valence-corrected chi connectivity index (χ1v) is 17.1. The fourth-order valence-corrected chi connectivity index (χ4v) is 6.96. The number of ketones is 1. The maximum atomic E-state index is 13.5. The van der Waals surface area contributed by atoms with Gasteiger partial charge in [-0.05, 0) is 79.0 Å². The van der Waals surface area contributed by atoms with Gasteiger partial charge in [0, 0.05) is 5.92 Å². The second-order valence-corrected chi connectivity index (χ2v) is 12.8. The lowest BCUT2D eigenvalue weighted by Crippen LogP contribution is -2.52. The lowest BCUT2D eigenvalue weighted by Gasteiger charge is -2.38. The highest BCUT2D eigenvalue weighted by Gasteiger charge is 2.40. The second-order valence-electron chi connectivity index (χ2n) is 12.8. The molecule has 0 aliphatic heterocycles. The van der Waals surface area contributed by atoms with Crippen LogP contribution < -0.4 is 10.1 Å². The van der Waals surface area contributed by atoms with Crippen molar-refractivity contribution in [3.8, 4) is 5.75 Å². The predicted octanol–water partition coefficient (Wildman–Crippen LogP) is 9.37. The Kier molecular flexibility index (Phi) is 13.3. The maximum Gasteiger partial charge on any atom is 0.294 e. The molecule has 4 rings (SSSR count). The summed E-state index contributed by atoms with van der Waals surface area (Å²) >= 11 is 0. The van der Waals surface area contributed by atoms with Crippen LogP contribution in [0.3, 0.4) is 0 Å². The fraction of sp³-hybridized carbons (Fsp3) is 0.538. The van der Waals surface area contributed by atoms with E-state index in [0.29, 0.717) is 13.1 Å². The van der Waals surface area contributed by atoms with E-state index in [9.17, 15) is 9.59 Å². The molecule has 0 bridgehead atoms. The van der Waals surface area contributed by atoms with Crippen molar-refractivity contribution in [2.24, 2.45) is 11.8 Å². The summed E-state index contributed by atoms with van der Waals surface area (Å²) in [5, 5.41) is 5.57. The number of carbonyl (C=O) groups excluding carboxylic acids is 2. The van der Waals surface area contributed by atoms with E-state index in [1.807, 2.05) is 37.3 Å². The van der Waals surface area contributed by atoms with Gasteiger partial charge in [-0.1, -0.05) is 113 Å². The highest BCUT2D eigenvalue weighted by Crippen LogP contribution is 2.40. The average molecular weight is 600 g/mol.